The van der Waals surface area contributed by atoms with E-state index in [0.717, 1.165) is 12.1 Å². The second-order valence-corrected chi connectivity index (χ2v) is 4.50. The number of rotatable bonds is 4. The highest BCUT2D eigenvalue weighted by Crippen LogP contribution is 2.31. The van der Waals surface area contributed by atoms with Gasteiger partial charge in [0.15, 0.2) is 0 Å². The molecular weight excluding hydrogens is 233 g/mol. The summed E-state index contributed by atoms with van der Waals surface area (Å²) in [7, 11) is 0. The fraction of sp³-hybridized carbons (Fsp3) is 0.500. The molecule has 0 aliphatic heterocycles. The molecule has 0 saturated carbocycles. The molecule has 1 rings (SSSR count). The van der Waals surface area contributed by atoms with Crippen LogP contribution in [0.15, 0.2) is 24.3 Å². The fourth-order valence-electron chi connectivity index (χ4n) is 1.51. The Labute approximate surface area is 97.7 Å². The quantitative estimate of drug-likeness (QED) is 0.857. The maximum atomic E-state index is 12.5. The Hall–Kier alpha value is -1.07. The van der Waals surface area contributed by atoms with E-state index in [1.54, 1.807) is 13.0 Å². The molecule has 0 aliphatic carbocycles. The molecule has 1 aromatic carbocycles. The second-order valence-electron chi connectivity index (χ2n) is 4.50. The maximum absolute atomic E-state index is 12.5. The topological polar surface area (TPSA) is 40.5 Å². The third kappa shape index (κ3) is 3.71. The van der Waals surface area contributed by atoms with E-state index < -0.39 is 17.2 Å². The average Bonchev–Trinajstić information content (AvgIpc) is 2.28. The van der Waals surface area contributed by atoms with Crippen molar-refractivity contribution in [1.29, 1.82) is 0 Å². The number of hydrogen-bond donors (Lipinski definition) is 2. The van der Waals surface area contributed by atoms with Crippen molar-refractivity contribution >= 4 is 0 Å². The van der Waals surface area contributed by atoms with Crippen molar-refractivity contribution in [2.75, 3.05) is 13.2 Å². The zero-order chi connectivity index (χ0) is 13.1. The minimum atomic E-state index is -4.37. The molecule has 0 aromatic heterocycles. The van der Waals surface area contributed by atoms with Crippen molar-refractivity contribution in [3.8, 4) is 0 Å². The summed E-state index contributed by atoms with van der Waals surface area (Å²) in [5, 5.41) is 18.2. The van der Waals surface area contributed by atoms with E-state index in [-0.39, 0.29) is 19.6 Å². The summed E-state index contributed by atoms with van der Waals surface area (Å²) in [6.07, 6.45) is -4.17. The fourth-order valence-corrected chi connectivity index (χ4v) is 1.51. The predicted octanol–water partition coefficient (Wildman–Crippen LogP) is 2.24. The van der Waals surface area contributed by atoms with Gasteiger partial charge in [0.1, 0.15) is 0 Å². The maximum Gasteiger partial charge on any atom is 0.416 e. The molecule has 5 heteroatoms. The third-order valence-corrected chi connectivity index (χ3v) is 2.65. The standard InChI is InChI=1S/C12H15F3O2/c1-11(7-16,8-17)6-9-3-2-4-10(5-9)12(13,14)15/h2-5,16-17H,6-8H2,1H3. The molecule has 0 aliphatic rings. The molecule has 2 N–H and O–H groups in total. The number of hydrogen-bond acceptors (Lipinski definition) is 2. The summed E-state index contributed by atoms with van der Waals surface area (Å²) in [5.41, 5.74) is -1.07. The number of halogens is 3. The summed E-state index contributed by atoms with van der Waals surface area (Å²) in [5.74, 6) is 0. The van der Waals surface area contributed by atoms with Crippen molar-refractivity contribution in [3.63, 3.8) is 0 Å². The van der Waals surface area contributed by atoms with Gasteiger partial charge < -0.3 is 10.2 Å². The third-order valence-electron chi connectivity index (χ3n) is 2.65. The first-order valence-electron chi connectivity index (χ1n) is 5.18. The normalized spacial score (nSPS) is 12.8. The van der Waals surface area contributed by atoms with Gasteiger partial charge in [-0.1, -0.05) is 25.1 Å². The smallest absolute Gasteiger partial charge is 0.396 e. The Morgan fingerprint density at radius 1 is 1.12 bits per heavy atom. The zero-order valence-corrected chi connectivity index (χ0v) is 9.46. The lowest BCUT2D eigenvalue weighted by Crippen LogP contribution is -2.28. The minimum absolute atomic E-state index is 0.198. The van der Waals surface area contributed by atoms with E-state index in [1.165, 1.54) is 6.07 Å². The number of aliphatic hydroxyl groups excluding tert-OH is 2. The van der Waals surface area contributed by atoms with Crippen LogP contribution in [0.25, 0.3) is 0 Å². The van der Waals surface area contributed by atoms with Gasteiger partial charge in [0, 0.05) is 5.41 Å². The van der Waals surface area contributed by atoms with Gasteiger partial charge in [-0.25, -0.2) is 0 Å². The zero-order valence-electron chi connectivity index (χ0n) is 9.46. The molecule has 0 heterocycles. The van der Waals surface area contributed by atoms with E-state index in [1.807, 2.05) is 0 Å². The van der Waals surface area contributed by atoms with Crippen LogP contribution >= 0.6 is 0 Å². The minimum Gasteiger partial charge on any atom is -0.396 e. The lowest BCUT2D eigenvalue weighted by atomic mass is 9.85. The Bertz CT molecular complexity index is 370. The molecule has 0 saturated heterocycles. The van der Waals surface area contributed by atoms with E-state index in [9.17, 15) is 13.2 Å². The number of alkyl halides is 3. The van der Waals surface area contributed by atoms with Gasteiger partial charge in [-0.15, -0.1) is 0 Å². The Balaban J connectivity index is 2.93. The largest absolute Gasteiger partial charge is 0.416 e. The van der Waals surface area contributed by atoms with Crippen molar-refractivity contribution in [2.45, 2.75) is 19.5 Å². The molecule has 1 aromatic rings. The van der Waals surface area contributed by atoms with Gasteiger partial charge >= 0.3 is 6.18 Å². The van der Waals surface area contributed by atoms with Crippen molar-refractivity contribution in [3.05, 3.63) is 35.4 Å². The van der Waals surface area contributed by atoms with E-state index in [0.29, 0.717) is 5.56 Å². The van der Waals surface area contributed by atoms with Gasteiger partial charge in [-0.2, -0.15) is 13.2 Å². The van der Waals surface area contributed by atoms with Gasteiger partial charge in [-0.05, 0) is 18.1 Å². The van der Waals surface area contributed by atoms with E-state index >= 15 is 0 Å². The molecule has 0 amide bonds. The first-order valence-corrected chi connectivity index (χ1v) is 5.18. The summed E-state index contributed by atoms with van der Waals surface area (Å²) < 4.78 is 37.4. The van der Waals surface area contributed by atoms with Crippen LogP contribution in [0, 0.1) is 5.41 Å². The molecular formula is C12H15F3O2. The van der Waals surface area contributed by atoms with Crippen LogP contribution < -0.4 is 0 Å². The van der Waals surface area contributed by atoms with Crippen LogP contribution in [0.2, 0.25) is 0 Å². The molecule has 96 valence electrons. The predicted molar refractivity (Wildman–Crippen MR) is 57.4 cm³/mol. The first kappa shape index (κ1) is 14.0. The van der Waals surface area contributed by atoms with Gasteiger partial charge in [-0.3, -0.25) is 0 Å². The van der Waals surface area contributed by atoms with Crippen molar-refractivity contribution < 1.29 is 23.4 Å². The van der Waals surface area contributed by atoms with Gasteiger partial charge in [0.25, 0.3) is 0 Å². The Morgan fingerprint density at radius 2 is 1.71 bits per heavy atom. The average molecular weight is 248 g/mol. The molecule has 0 bridgehead atoms. The lowest BCUT2D eigenvalue weighted by molar-refractivity contribution is -0.137. The van der Waals surface area contributed by atoms with E-state index in [4.69, 9.17) is 10.2 Å². The first-order chi connectivity index (χ1) is 7.80. The van der Waals surface area contributed by atoms with Crippen molar-refractivity contribution in [1.82, 2.24) is 0 Å². The number of benzene rings is 1. The second kappa shape index (κ2) is 5.06. The van der Waals surface area contributed by atoms with Crippen LogP contribution in [-0.4, -0.2) is 23.4 Å². The van der Waals surface area contributed by atoms with E-state index in [2.05, 4.69) is 0 Å². The van der Waals surface area contributed by atoms with Crippen LogP contribution in [0.5, 0.6) is 0 Å². The summed E-state index contributed by atoms with van der Waals surface area (Å²) in [6.45, 7) is 1.06. The summed E-state index contributed by atoms with van der Waals surface area (Å²) in [6, 6.07) is 4.93. The lowest BCUT2D eigenvalue weighted by Gasteiger charge is -2.24. The molecule has 0 spiro atoms. The number of aliphatic hydroxyl groups is 2. The molecule has 17 heavy (non-hydrogen) atoms. The molecule has 0 fully saturated rings. The van der Waals surface area contributed by atoms with Crippen LogP contribution in [0.1, 0.15) is 18.1 Å². The molecule has 0 radical (unpaired) electrons. The van der Waals surface area contributed by atoms with Gasteiger partial charge in [0.2, 0.25) is 0 Å². The van der Waals surface area contributed by atoms with Crippen LogP contribution in [0.3, 0.4) is 0 Å². The van der Waals surface area contributed by atoms with Gasteiger partial charge in [0.05, 0.1) is 18.8 Å². The highest BCUT2D eigenvalue weighted by molar-refractivity contribution is 5.26. The summed E-state index contributed by atoms with van der Waals surface area (Å²) >= 11 is 0. The summed E-state index contributed by atoms with van der Waals surface area (Å²) in [4.78, 5) is 0. The van der Waals surface area contributed by atoms with Crippen LogP contribution in [0.4, 0.5) is 13.2 Å². The Morgan fingerprint density at radius 3 is 2.18 bits per heavy atom. The SMILES string of the molecule is CC(CO)(CO)Cc1cccc(C(F)(F)F)c1. The van der Waals surface area contributed by atoms with Crippen LogP contribution in [-0.2, 0) is 12.6 Å². The molecule has 0 unspecified atom stereocenters. The Kier molecular flexibility index (Phi) is 4.16. The monoisotopic (exact) mass is 248 g/mol. The van der Waals surface area contributed by atoms with Crippen molar-refractivity contribution in [2.24, 2.45) is 5.41 Å². The molecule has 2 nitrogen and oxygen atoms in total. The molecule has 0 atom stereocenters. The highest BCUT2D eigenvalue weighted by atomic mass is 19.4. The highest BCUT2D eigenvalue weighted by Gasteiger charge is 2.31.